The fourth-order valence-electron chi connectivity index (χ4n) is 3.89. The zero-order valence-electron chi connectivity index (χ0n) is 18.1. The monoisotopic (exact) mass is 474 g/mol. The smallest absolute Gasteiger partial charge is 0.261 e. The summed E-state index contributed by atoms with van der Waals surface area (Å²) in [5.41, 5.74) is 1.94. The maximum absolute atomic E-state index is 12.8. The maximum atomic E-state index is 12.8. The van der Waals surface area contributed by atoms with E-state index in [2.05, 4.69) is 20.6 Å². The fraction of sp³-hybridized carbons (Fsp3) is 0.409. The van der Waals surface area contributed by atoms with E-state index in [9.17, 15) is 13.2 Å². The molecule has 3 aromatic rings. The first kappa shape index (κ1) is 22.5. The first-order chi connectivity index (χ1) is 15.4. The Kier molecular flexibility index (Phi) is 6.61. The van der Waals surface area contributed by atoms with Crippen LogP contribution in [0, 0.1) is 12.8 Å². The predicted molar refractivity (Wildman–Crippen MR) is 126 cm³/mol. The molecular weight excluding hydrogens is 448 g/mol. The minimum atomic E-state index is -2.92. The number of nitrogens with one attached hydrogen (secondary N) is 2. The van der Waals surface area contributed by atoms with Crippen molar-refractivity contribution >= 4 is 43.1 Å². The van der Waals surface area contributed by atoms with Crippen LogP contribution in [-0.4, -0.2) is 56.0 Å². The molecule has 8 nitrogen and oxygen atoms in total. The van der Waals surface area contributed by atoms with Crippen LogP contribution in [0.25, 0.3) is 10.2 Å². The van der Waals surface area contributed by atoms with Crippen molar-refractivity contribution in [2.75, 3.05) is 37.0 Å². The Morgan fingerprint density at radius 2 is 2.03 bits per heavy atom. The topological polar surface area (TPSA) is 110 Å². The van der Waals surface area contributed by atoms with Gasteiger partial charge in [-0.25, -0.2) is 18.4 Å². The molecule has 1 saturated heterocycles. The number of aromatic nitrogens is 2. The first-order valence-electron chi connectivity index (χ1n) is 10.5. The summed E-state index contributed by atoms with van der Waals surface area (Å²) in [7, 11) is -1.29. The normalized spacial score (nSPS) is 17.4. The largest absolute Gasteiger partial charge is 0.497 e. The number of sulfone groups is 1. The Hall–Kier alpha value is -2.72. The van der Waals surface area contributed by atoms with E-state index >= 15 is 0 Å². The van der Waals surface area contributed by atoms with E-state index < -0.39 is 9.84 Å². The molecule has 0 saturated carbocycles. The summed E-state index contributed by atoms with van der Waals surface area (Å²) in [6.45, 7) is 2.95. The second kappa shape index (κ2) is 9.41. The lowest BCUT2D eigenvalue weighted by molar-refractivity contribution is 0.0957. The molecule has 0 radical (unpaired) electrons. The van der Waals surface area contributed by atoms with E-state index in [1.54, 1.807) is 7.11 Å². The molecule has 1 atom stereocenters. The molecule has 2 aromatic heterocycles. The molecule has 0 spiro atoms. The molecule has 10 heteroatoms. The van der Waals surface area contributed by atoms with Gasteiger partial charge in [0.1, 0.15) is 22.7 Å². The summed E-state index contributed by atoms with van der Waals surface area (Å²) in [6, 6.07) is 7.78. The number of fused-ring (bicyclic) bond motifs is 1. The number of amides is 1. The number of hydrogen-bond donors (Lipinski definition) is 2. The number of carbonyl (C=O) groups excluding carboxylic acids is 1. The highest BCUT2D eigenvalue weighted by atomic mass is 32.2. The van der Waals surface area contributed by atoms with E-state index in [4.69, 9.17) is 4.74 Å². The van der Waals surface area contributed by atoms with E-state index in [-0.39, 0.29) is 23.3 Å². The summed E-state index contributed by atoms with van der Waals surface area (Å²) in [4.78, 5) is 22.8. The number of methoxy groups -OCH3 is 1. The van der Waals surface area contributed by atoms with E-state index in [1.807, 2.05) is 31.2 Å². The van der Waals surface area contributed by atoms with Gasteiger partial charge in [-0.05, 0) is 48.9 Å². The average Bonchev–Trinajstić information content (AvgIpc) is 3.31. The minimum Gasteiger partial charge on any atom is -0.497 e. The van der Waals surface area contributed by atoms with Crippen molar-refractivity contribution in [3.05, 3.63) is 46.6 Å². The van der Waals surface area contributed by atoms with Crippen LogP contribution in [0.5, 0.6) is 5.75 Å². The minimum absolute atomic E-state index is 0.0738. The highest BCUT2D eigenvalue weighted by Gasteiger charge is 2.28. The van der Waals surface area contributed by atoms with Gasteiger partial charge in [0.25, 0.3) is 5.91 Å². The third-order valence-corrected chi connectivity index (χ3v) is 8.71. The molecule has 1 aliphatic rings. The molecular formula is C22H26N4O4S2. The Labute approximate surface area is 191 Å². The molecule has 0 aliphatic carbocycles. The summed E-state index contributed by atoms with van der Waals surface area (Å²) in [5, 5.41) is 7.09. The quantitative estimate of drug-likeness (QED) is 0.516. The van der Waals surface area contributed by atoms with Crippen molar-refractivity contribution in [1.82, 2.24) is 15.3 Å². The van der Waals surface area contributed by atoms with Gasteiger partial charge in [-0.15, -0.1) is 11.3 Å². The Bertz CT molecular complexity index is 1220. The Balaban J connectivity index is 1.42. The first-order valence-corrected chi connectivity index (χ1v) is 13.1. The zero-order chi connectivity index (χ0) is 22.7. The van der Waals surface area contributed by atoms with Crippen LogP contribution in [0.2, 0.25) is 0 Å². The summed E-state index contributed by atoms with van der Waals surface area (Å²) in [6.07, 6.45) is 2.85. The molecule has 1 fully saturated rings. The molecule has 170 valence electrons. The Morgan fingerprint density at radius 3 is 2.72 bits per heavy atom. The van der Waals surface area contributed by atoms with Crippen molar-refractivity contribution in [2.45, 2.75) is 19.8 Å². The van der Waals surface area contributed by atoms with E-state index in [1.165, 1.54) is 17.7 Å². The van der Waals surface area contributed by atoms with E-state index in [0.717, 1.165) is 33.5 Å². The van der Waals surface area contributed by atoms with Crippen LogP contribution in [0.15, 0.2) is 30.6 Å². The molecule has 1 aromatic carbocycles. The third kappa shape index (κ3) is 5.02. The van der Waals surface area contributed by atoms with Crippen molar-refractivity contribution in [1.29, 1.82) is 0 Å². The van der Waals surface area contributed by atoms with Crippen LogP contribution >= 0.6 is 11.3 Å². The van der Waals surface area contributed by atoms with Gasteiger partial charge in [0, 0.05) is 13.1 Å². The number of thiophene rings is 1. The zero-order valence-corrected chi connectivity index (χ0v) is 19.7. The van der Waals surface area contributed by atoms with Gasteiger partial charge in [0.15, 0.2) is 9.84 Å². The second-order valence-corrected chi connectivity index (χ2v) is 11.2. The van der Waals surface area contributed by atoms with Crippen LogP contribution < -0.4 is 15.4 Å². The number of aryl methyl sites for hydroxylation is 1. The van der Waals surface area contributed by atoms with Gasteiger partial charge in [-0.1, -0.05) is 12.1 Å². The molecule has 1 unspecified atom stereocenters. The molecule has 4 rings (SSSR count). The van der Waals surface area contributed by atoms with Crippen LogP contribution in [0.1, 0.15) is 27.2 Å². The van der Waals surface area contributed by atoms with Gasteiger partial charge < -0.3 is 15.4 Å². The number of benzene rings is 1. The number of nitrogens with zero attached hydrogens (tertiary/aromatic N) is 2. The molecule has 2 N–H and O–H groups in total. The van der Waals surface area contributed by atoms with Crippen molar-refractivity contribution in [3.8, 4) is 5.75 Å². The second-order valence-electron chi connectivity index (χ2n) is 7.96. The highest BCUT2D eigenvalue weighted by molar-refractivity contribution is 7.91. The van der Waals surface area contributed by atoms with Gasteiger partial charge in [0.2, 0.25) is 0 Å². The SMILES string of the molecule is COc1ccc(CCNC(=O)c2sc3ncnc(NCC4CCS(=O)(=O)C4)c3c2C)cc1. The number of ether oxygens (including phenoxy) is 1. The lowest BCUT2D eigenvalue weighted by Crippen LogP contribution is -2.25. The van der Waals surface area contributed by atoms with Gasteiger partial charge in [-0.3, -0.25) is 4.79 Å². The maximum Gasteiger partial charge on any atom is 0.261 e. The fourth-order valence-corrected chi connectivity index (χ4v) is 6.82. The average molecular weight is 475 g/mol. The molecule has 3 heterocycles. The molecule has 1 amide bonds. The number of hydrogen-bond acceptors (Lipinski definition) is 8. The lowest BCUT2D eigenvalue weighted by atomic mass is 10.1. The Morgan fingerprint density at radius 1 is 1.25 bits per heavy atom. The molecule has 0 bridgehead atoms. The number of rotatable bonds is 8. The van der Waals surface area contributed by atoms with Gasteiger partial charge >= 0.3 is 0 Å². The van der Waals surface area contributed by atoms with Crippen molar-refractivity contribution < 1.29 is 17.9 Å². The standard InChI is InChI=1S/C22H26N4O4S2/c1-14-18-20(24-11-16-8-10-32(28,29)12-16)25-13-26-22(18)31-19(14)21(27)23-9-7-15-3-5-17(30-2)6-4-15/h3-6,13,16H,7-12H2,1-2H3,(H,23,27)(H,24,25,26). The third-order valence-electron chi connectivity index (χ3n) is 5.68. The van der Waals surface area contributed by atoms with Crippen molar-refractivity contribution in [2.24, 2.45) is 5.92 Å². The molecule has 32 heavy (non-hydrogen) atoms. The molecule has 1 aliphatic heterocycles. The lowest BCUT2D eigenvalue weighted by Gasteiger charge is -2.11. The van der Waals surface area contributed by atoms with E-state index in [0.29, 0.717) is 30.2 Å². The summed E-state index contributed by atoms with van der Waals surface area (Å²) < 4.78 is 28.6. The van der Waals surface area contributed by atoms with Gasteiger partial charge in [0.05, 0.1) is 28.9 Å². The van der Waals surface area contributed by atoms with Crippen LogP contribution in [0.4, 0.5) is 5.82 Å². The number of carbonyl (C=O) groups is 1. The summed E-state index contributed by atoms with van der Waals surface area (Å²) in [5.74, 6) is 1.84. The highest BCUT2D eigenvalue weighted by Crippen LogP contribution is 2.33. The van der Waals surface area contributed by atoms with Gasteiger partial charge in [-0.2, -0.15) is 0 Å². The van der Waals surface area contributed by atoms with Crippen molar-refractivity contribution in [3.63, 3.8) is 0 Å². The van der Waals surface area contributed by atoms with Crippen LogP contribution in [0.3, 0.4) is 0 Å². The predicted octanol–water partition coefficient (Wildman–Crippen LogP) is 2.83. The number of anilines is 1. The summed E-state index contributed by atoms with van der Waals surface area (Å²) >= 11 is 1.34. The van der Waals surface area contributed by atoms with Crippen LogP contribution in [-0.2, 0) is 16.3 Å².